The minimum Gasteiger partial charge on any atom is -0.328 e. The molecule has 1 atom stereocenters. The smallest absolute Gasteiger partial charge is 0.179 e. The maximum absolute atomic E-state index is 5.59. The van der Waals surface area contributed by atoms with E-state index < -0.39 is 0 Å². The summed E-state index contributed by atoms with van der Waals surface area (Å²) in [6.45, 7) is 6.89. The second-order valence-electron chi connectivity index (χ2n) is 6.88. The topological polar surface area (TPSA) is 38.5 Å². The Labute approximate surface area is 125 Å². The molecule has 4 nitrogen and oxygen atoms in total. The van der Waals surface area contributed by atoms with Gasteiger partial charge in [-0.25, -0.2) is 0 Å². The van der Waals surface area contributed by atoms with Crippen LogP contribution in [0.15, 0.2) is 0 Å². The van der Waals surface area contributed by atoms with E-state index in [0.717, 1.165) is 28.8 Å². The summed E-state index contributed by atoms with van der Waals surface area (Å²) in [7, 11) is 2.03. The minimum absolute atomic E-state index is 0.424. The van der Waals surface area contributed by atoms with Crippen molar-refractivity contribution < 1.29 is 0 Å². The number of aromatic amines is 1. The van der Waals surface area contributed by atoms with Gasteiger partial charge in [0.2, 0.25) is 0 Å². The molecule has 1 saturated carbocycles. The van der Waals surface area contributed by atoms with Gasteiger partial charge < -0.3 is 4.98 Å². The van der Waals surface area contributed by atoms with Crippen LogP contribution in [0.4, 0.5) is 0 Å². The van der Waals surface area contributed by atoms with Crippen molar-refractivity contribution in [3.8, 4) is 0 Å². The van der Waals surface area contributed by atoms with E-state index in [-0.39, 0.29) is 0 Å². The maximum atomic E-state index is 5.59. The molecule has 2 aromatic heterocycles. The van der Waals surface area contributed by atoms with E-state index in [0.29, 0.717) is 11.5 Å². The molecule has 1 aliphatic rings. The van der Waals surface area contributed by atoms with Crippen molar-refractivity contribution in [3.05, 3.63) is 10.5 Å². The zero-order valence-corrected chi connectivity index (χ0v) is 13.7. The zero-order chi connectivity index (χ0) is 14.5. The quantitative estimate of drug-likeness (QED) is 0.864. The summed E-state index contributed by atoms with van der Waals surface area (Å²) in [5, 5.41) is 4.67. The molecule has 2 aromatic rings. The second-order valence-corrected chi connectivity index (χ2v) is 7.27. The molecule has 3 rings (SSSR count). The summed E-state index contributed by atoms with van der Waals surface area (Å²) in [5.41, 5.74) is 3.88. The number of fused-ring (bicyclic) bond motifs is 1. The Bertz CT molecular complexity index is 689. The molecule has 1 fully saturated rings. The molecule has 0 aromatic carbocycles. The van der Waals surface area contributed by atoms with Crippen molar-refractivity contribution >= 4 is 23.4 Å². The van der Waals surface area contributed by atoms with Gasteiger partial charge in [-0.3, -0.25) is 9.25 Å². The molecular formula is C15H24N4S. The molecule has 1 unspecified atom stereocenters. The summed E-state index contributed by atoms with van der Waals surface area (Å²) >= 11 is 5.59. The maximum Gasteiger partial charge on any atom is 0.179 e. The average molecular weight is 292 g/mol. The first-order chi connectivity index (χ1) is 9.43. The van der Waals surface area contributed by atoms with Gasteiger partial charge in [0.15, 0.2) is 10.4 Å². The van der Waals surface area contributed by atoms with E-state index in [1.54, 1.807) is 0 Å². The molecule has 0 radical (unpaired) electrons. The zero-order valence-electron chi connectivity index (χ0n) is 12.9. The van der Waals surface area contributed by atoms with E-state index >= 15 is 0 Å². The molecule has 0 aliphatic heterocycles. The Balaban J connectivity index is 2.12. The number of aromatic nitrogens is 4. The van der Waals surface area contributed by atoms with Gasteiger partial charge in [-0.2, -0.15) is 5.10 Å². The average Bonchev–Trinajstić information content (AvgIpc) is 2.96. The highest BCUT2D eigenvalue weighted by Crippen LogP contribution is 2.44. The number of aryl methyl sites for hydroxylation is 2. The molecule has 0 amide bonds. The van der Waals surface area contributed by atoms with Gasteiger partial charge in [-0.15, -0.1) is 0 Å². The van der Waals surface area contributed by atoms with E-state index in [1.807, 2.05) is 11.7 Å². The highest BCUT2D eigenvalue weighted by Gasteiger charge is 2.33. The van der Waals surface area contributed by atoms with Crippen LogP contribution in [0, 0.1) is 10.2 Å². The van der Waals surface area contributed by atoms with Gasteiger partial charge >= 0.3 is 0 Å². The Kier molecular flexibility index (Phi) is 3.27. The van der Waals surface area contributed by atoms with Crippen LogP contribution in [0.1, 0.15) is 58.2 Å². The van der Waals surface area contributed by atoms with Crippen LogP contribution in [0.25, 0.3) is 11.2 Å². The first-order valence-corrected chi connectivity index (χ1v) is 8.00. The van der Waals surface area contributed by atoms with Crippen molar-refractivity contribution in [2.75, 3.05) is 0 Å². The summed E-state index contributed by atoms with van der Waals surface area (Å²) in [5.74, 6) is 0. The van der Waals surface area contributed by atoms with Crippen molar-refractivity contribution in [1.82, 2.24) is 19.3 Å². The van der Waals surface area contributed by atoms with Crippen LogP contribution >= 0.6 is 12.2 Å². The minimum atomic E-state index is 0.424. The molecule has 0 saturated heterocycles. The van der Waals surface area contributed by atoms with Gasteiger partial charge in [0.1, 0.15) is 5.52 Å². The predicted molar refractivity (Wildman–Crippen MR) is 84.6 cm³/mol. The Morgan fingerprint density at radius 1 is 1.45 bits per heavy atom. The van der Waals surface area contributed by atoms with Gasteiger partial charge in [0.25, 0.3) is 0 Å². The third-order valence-electron chi connectivity index (χ3n) is 4.56. The number of hydrogen-bond acceptors (Lipinski definition) is 2. The van der Waals surface area contributed by atoms with Crippen LogP contribution in [-0.2, 0) is 13.5 Å². The van der Waals surface area contributed by atoms with Crippen LogP contribution in [-0.4, -0.2) is 19.3 Å². The second kappa shape index (κ2) is 4.72. The summed E-state index contributed by atoms with van der Waals surface area (Å²) in [6.07, 6.45) is 5.79. The lowest BCUT2D eigenvalue weighted by Gasteiger charge is -2.18. The standard InChI is InChI=1S/C15H24N4S/c1-5-6-11-12-13(18(4)17-11)19(14(20)16-12)10-7-8-15(2,3)9-10/h10H,5-9H2,1-4H3,(H,16,20). The van der Waals surface area contributed by atoms with Crippen LogP contribution in [0.2, 0.25) is 0 Å². The van der Waals surface area contributed by atoms with Crippen molar-refractivity contribution in [1.29, 1.82) is 0 Å². The number of hydrogen-bond donors (Lipinski definition) is 1. The Morgan fingerprint density at radius 3 is 2.80 bits per heavy atom. The molecule has 110 valence electrons. The predicted octanol–water partition coefficient (Wildman–Crippen LogP) is 4.14. The van der Waals surface area contributed by atoms with Gasteiger partial charge in [0.05, 0.1) is 5.69 Å². The molecule has 0 bridgehead atoms. The van der Waals surface area contributed by atoms with Crippen molar-refractivity contribution in [2.24, 2.45) is 12.5 Å². The Hall–Kier alpha value is -1.10. The largest absolute Gasteiger partial charge is 0.328 e. The lowest BCUT2D eigenvalue weighted by molar-refractivity contribution is 0.359. The molecule has 0 spiro atoms. The van der Waals surface area contributed by atoms with Gasteiger partial charge in [-0.05, 0) is 43.3 Å². The normalized spacial score (nSPS) is 21.9. The molecular weight excluding hydrogens is 268 g/mol. The van der Waals surface area contributed by atoms with Crippen LogP contribution < -0.4 is 0 Å². The molecule has 1 N–H and O–H groups in total. The van der Waals surface area contributed by atoms with Crippen molar-refractivity contribution in [2.45, 2.75) is 58.9 Å². The first kappa shape index (κ1) is 13.9. The summed E-state index contributed by atoms with van der Waals surface area (Å²) in [6, 6.07) is 0.510. The fourth-order valence-corrected chi connectivity index (χ4v) is 3.94. The number of nitrogens with zero attached hydrogens (tertiary/aromatic N) is 3. The number of nitrogens with one attached hydrogen (secondary N) is 1. The van der Waals surface area contributed by atoms with Crippen LogP contribution in [0.5, 0.6) is 0 Å². The lowest BCUT2D eigenvalue weighted by Crippen LogP contribution is -2.11. The first-order valence-electron chi connectivity index (χ1n) is 7.59. The lowest BCUT2D eigenvalue weighted by atomic mass is 9.92. The summed E-state index contributed by atoms with van der Waals surface area (Å²) < 4.78 is 5.16. The third kappa shape index (κ3) is 2.12. The number of rotatable bonds is 3. The van der Waals surface area contributed by atoms with E-state index in [2.05, 4.69) is 35.4 Å². The Morgan fingerprint density at radius 2 is 2.20 bits per heavy atom. The van der Waals surface area contributed by atoms with Crippen LogP contribution in [0.3, 0.4) is 0 Å². The fourth-order valence-electron chi connectivity index (χ4n) is 3.61. The SMILES string of the molecule is CCCc1nn(C)c2c1[nH]c(=S)n2C1CCC(C)(C)C1. The monoisotopic (exact) mass is 292 g/mol. The molecule has 2 heterocycles. The summed E-state index contributed by atoms with van der Waals surface area (Å²) in [4.78, 5) is 3.40. The van der Waals surface area contributed by atoms with Gasteiger partial charge in [-0.1, -0.05) is 27.2 Å². The molecule has 5 heteroatoms. The molecule has 20 heavy (non-hydrogen) atoms. The highest BCUT2D eigenvalue weighted by molar-refractivity contribution is 7.71. The number of H-pyrrole nitrogens is 1. The number of imidazole rings is 1. The van der Waals surface area contributed by atoms with Gasteiger partial charge in [0, 0.05) is 13.1 Å². The van der Waals surface area contributed by atoms with Crippen molar-refractivity contribution in [3.63, 3.8) is 0 Å². The van der Waals surface area contributed by atoms with E-state index in [4.69, 9.17) is 12.2 Å². The molecule has 1 aliphatic carbocycles. The highest BCUT2D eigenvalue weighted by atomic mass is 32.1. The third-order valence-corrected chi connectivity index (χ3v) is 4.86. The van der Waals surface area contributed by atoms with E-state index in [9.17, 15) is 0 Å². The van der Waals surface area contributed by atoms with E-state index in [1.165, 1.54) is 24.9 Å². The fraction of sp³-hybridized carbons (Fsp3) is 0.733.